The molecule has 2 saturated heterocycles. The first kappa shape index (κ1) is 11.4. The number of halogens is 1. The van der Waals surface area contributed by atoms with Crippen LogP contribution in [0.15, 0.2) is 0 Å². The molecule has 1 amide bonds. The average Bonchev–Trinajstić information content (AvgIpc) is 2.60. The normalized spacial score (nSPS) is 34.5. The van der Waals surface area contributed by atoms with Gasteiger partial charge in [-0.25, -0.2) is 0 Å². The minimum absolute atomic E-state index is 0.0458. The molecule has 15 heavy (non-hydrogen) atoms. The van der Waals surface area contributed by atoms with E-state index >= 15 is 0 Å². The van der Waals surface area contributed by atoms with Crippen LogP contribution in [0.25, 0.3) is 0 Å². The molecule has 2 aliphatic rings. The minimum atomic E-state index is 0.0458. The second kappa shape index (κ2) is 4.83. The van der Waals surface area contributed by atoms with Gasteiger partial charge in [-0.15, -0.1) is 0 Å². The average molecular weight is 276 g/mol. The highest BCUT2D eigenvalue weighted by molar-refractivity contribution is 9.10. The first-order valence-corrected chi connectivity index (χ1v) is 6.64. The van der Waals surface area contributed by atoms with Crippen LogP contribution >= 0.6 is 15.9 Å². The van der Waals surface area contributed by atoms with Crippen molar-refractivity contribution in [2.24, 2.45) is 5.92 Å². The molecule has 3 atom stereocenters. The van der Waals surface area contributed by atoms with Crippen molar-refractivity contribution in [2.75, 3.05) is 19.8 Å². The van der Waals surface area contributed by atoms with Crippen molar-refractivity contribution >= 4 is 21.8 Å². The van der Waals surface area contributed by atoms with Gasteiger partial charge >= 0.3 is 0 Å². The summed E-state index contributed by atoms with van der Waals surface area (Å²) in [5.41, 5.74) is 0. The maximum Gasteiger partial charge on any atom is 0.236 e. The van der Waals surface area contributed by atoms with Crippen LogP contribution in [-0.2, 0) is 9.53 Å². The Morgan fingerprint density at radius 1 is 1.53 bits per heavy atom. The van der Waals surface area contributed by atoms with Crippen molar-refractivity contribution in [3.8, 4) is 0 Å². The van der Waals surface area contributed by atoms with Crippen molar-refractivity contribution in [1.29, 1.82) is 0 Å². The van der Waals surface area contributed by atoms with Gasteiger partial charge < -0.3 is 9.64 Å². The van der Waals surface area contributed by atoms with Gasteiger partial charge in [-0.2, -0.15) is 0 Å². The number of nitrogens with zero attached hydrogens (tertiary/aromatic N) is 1. The topological polar surface area (TPSA) is 29.5 Å². The van der Waals surface area contributed by atoms with Gasteiger partial charge in [0.25, 0.3) is 0 Å². The molecule has 0 radical (unpaired) electrons. The largest absolute Gasteiger partial charge is 0.381 e. The van der Waals surface area contributed by atoms with E-state index in [4.69, 9.17) is 4.74 Å². The number of rotatable bonds is 2. The van der Waals surface area contributed by atoms with Crippen LogP contribution < -0.4 is 0 Å². The number of hydrogen-bond acceptors (Lipinski definition) is 2. The molecule has 86 valence electrons. The first-order valence-electron chi connectivity index (χ1n) is 5.72. The standard InChI is InChI=1S/C11H18BrNO2/c1-8(9-3-2-6-15-7-9)13-5-4-10(12)11(13)14/h8-10H,2-7H2,1H3. The third kappa shape index (κ3) is 2.36. The van der Waals surface area contributed by atoms with Gasteiger partial charge in [0.05, 0.1) is 11.4 Å². The zero-order chi connectivity index (χ0) is 10.8. The fourth-order valence-electron chi connectivity index (χ4n) is 2.47. The molecule has 4 heteroatoms. The molecule has 2 fully saturated rings. The van der Waals surface area contributed by atoms with Gasteiger partial charge in [0, 0.05) is 25.1 Å². The number of alkyl halides is 1. The molecule has 0 bridgehead atoms. The predicted octanol–water partition coefficient (Wildman–Crippen LogP) is 1.80. The molecule has 0 saturated carbocycles. The van der Waals surface area contributed by atoms with E-state index in [0.29, 0.717) is 12.0 Å². The molecule has 3 unspecified atom stereocenters. The molecule has 0 aliphatic carbocycles. The summed E-state index contributed by atoms with van der Waals surface area (Å²) in [6.45, 7) is 4.75. The molecule has 0 aromatic carbocycles. The number of amides is 1. The van der Waals surface area contributed by atoms with Gasteiger partial charge in [0.15, 0.2) is 0 Å². The molecular weight excluding hydrogens is 258 g/mol. The number of likely N-dealkylation sites (tertiary alicyclic amines) is 1. The molecule has 3 nitrogen and oxygen atoms in total. The zero-order valence-electron chi connectivity index (χ0n) is 9.12. The Morgan fingerprint density at radius 3 is 2.87 bits per heavy atom. The summed E-state index contributed by atoms with van der Waals surface area (Å²) in [4.78, 5) is 13.9. The predicted molar refractivity (Wildman–Crippen MR) is 62.1 cm³/mol. The Hall–Kier alpha value is -0.0900. The van der Waals surface area contributed by atoms with Crippen LogP contribution in [0.5, 0.6) is 0 Å². The summed E-state index contributed by atoms with van der Waals surface area (Å²) in [5, 5.41) is 0. The van der Waals surface area contributed by atoms with Crippen molar-refractivity contribution in [2.45, 2.75) is 37.1 Å². The zero-order valence-corrected chi connectivity index (χ0v) is 10.7. The molecule has 0 aromatic rings. The highest BCUT2D eigenvalue weighted by Crippen LogP contribution is 2.27. The van der Waals surface area contributed by atoms with Crippen molar-refractivity contribution < 1.29 is 9.53 Å². The maximum atomic E-state index is 11.8. The molecule has 0 N–H and O–H groups in total. The monoisotopic (exact) mass is 275 g/mol. The number of carbonyl (C=O) groups excluding carboxylic acids is 1. The lowest BCUT2D eigenvalue weighted by Crippen LogP contribution is -2.43. The Bertz CT molecular complexity index is 241. The third-order valence-electron chi connectivity index (χ3n) is 3.54. The molecule has 0 aromatic heterocycles. The van der Waals surface area contributed by atoms with E-state index < -0.39 is 0 Å². The third-order valence-corrected chi connectivity index (χ3v) is 4.39. The van der Waals surface area contributed by atoms with Gasteiger partial charge in [0.1, 0.15) is 0 Å². The summed E-state index contributed by atoms with van der Waals surface area (Å²) in [6.07, 6.45) is 3.27. The fraction of sp³-hybridized carbons (Fsp3) is 0.909. The minimum Gasteiger partial charge on any atom is -0.381 e. The Balaban J connectivity index is 1.94. The summed E-state index contributed by atoms with van der Waals surface area (Å²) < 4.78 is 5.48. The highest BCUT2D eigenvalue weighted by atomic mass is 79.9. The lowest BCUT2D eigenvalue weighted by molar-refractivity contribution is -0.130. The molecule has 2 aliphatic heterocycles. The van der Waals surface area contributed by atoms with Crippen LogP contribution in [0.1, 0.15) is 26.2 Å². The van der Waals surface area contributed by atoms with E-state index in [0.717, 1.165) is 32.6 Å². The number of carbonyl (C=O) groups is 1. The van der Waals surface area contributed by atoms with Gasteiger partial charge in [-0.3, -0.25) is 4.79 Å². The van der Waals surface area contributed by atoms with Crippen LogP contribution in [0.2, 0.25) is 0 Å². The number of hydrogen-bond donors (Lipinski definition) is 0. The first-order chi connectivity index (χ1) is 7.20. The summed E-state index contributed by atoms with van der Waals surface area (Å²) in [5.74, 6) is 0.786. The van der Waals surface area contributed by atoms with Gasteiger partial charge in [-0.05, 0) is 26.2 Å². The summed E-state index contributed by atoms with van der Waals surface area (Å²) in [7, 11) is 0. The van der Waals surface area contributed by atoms with E-state index in [1.807, 2.05) is 4.90 Å². The van der Waals surface area contributed by atoms with Crippen LogP contribution in [-0.4, -0.2) is 41.4 Å². The van der Waals surface area contributed by atoms with E-state index in [9.17, 15) is 4.79 Å². The lowest BCUT2D eigenvalue weighted by Gasteiger charge is -2.34. The Kier molecular flexibility index (Phi) is 3.67. The molecule has 0 spiro atoms. The van der Waals surface area contributed by atoms with Crippen LogP contribution in [0.3, 0.4) is 0 Å². The van der Waals surface area contributed by atoms with Gasteiger partial charge in [0.2, 0.25) is 5.91 Å². The van der Waals surface area contributed by atoms with Crippen LogP contribution in [0.4, 0.5) is 0 Å². The van der Waals surface area contributed by atoms with E-state index in [-0.39, 0.29) is 10.7 Å². The smallest absolute Gasteiger partial charge is 0.236 e. The quantitative estimate of drug-likeness (QED) is 0.720. The van der Waals surface area contributed by atoms with Crippen molar-refractivity contribution in [1.82, 2.24) is 4.90 Å². The second-order valence-electron chi connectivity index (χ2n) is 4.51. The SMILES string of the molecule is CC(C1CCCOC1)N1CCC(Br)C1=O. The van der Waals surface area contributed by atoms with Crippen molar-refractivity contribution in [3.63, 3.8) is 0 Å². The molecule has 2 rings (SSSR count). The molecule has 2 heterocycles. The van der Waals surface area contributed by atoms with E-state index in [2.05, 4.69) is 22.9 Å². The number of ether oxygens (including phenoxy) is 1. The van der Waals surface area contributed by atoms with Gasteiger partial charge in [-0.1, -0.05) is 15.9 Å². The highest BCUT2D eigenvalue weighted by Gasteiger charge is 2.36. The Morgan fingerprint density at radius 2 is 2.33 bits per heavy atom. The van der Waals surface area contributed by atoms with Crippen molar-refractivity contribution in [3.05, 3.63) is 0 Å². The van der Waals surface area contributed by atoms with E-state index in [1.54, 1.807) is 0 Å². The Labute approximate surface area is 99.3 Å². The second-order valence-corrected chi connectivity index (χ2v) is 5.61. The fourth-order valence-corrected chi connectivity index (χ4v) is 2.94. The summed E-state index contributed by atoms with van der Waals surface area (Å²) >= 11 is 3.41. The maximum absolute atomic E-state index is 11.8. The lowest BCUT2D eigenvalue weighted by atomic mass is 9.94. The van der Waals surface area contributed by atoms with Crippen LogP contribution in [0, 0.1) is 5.92 Å². The van der Waals surface area contributed by atoms with E-state index in [1.165, 1.54) is 6.42 Å². The molecular formula is C11H18BrNO2. The summed E-state index contributed by atoms with van der Waals surface area (Å²) in [6, 6.07) is 0.334.